The number of nitrogens with two attached hydrogens (primary N) is 2. The fourth-order valence-electron chi connectivity index (χ4n) is 2.96. The Bertz CT molecular complexity index is 805. The van der Waals surface area contributed by atoms with Gasteiger partial charge in [-0.05, 0) is 73.9 Å². The summed E-state index contributed by atoms with van der Waals surface area (Å²) < 4.78 is 24.4. The lowest BCUT2D eigenvalue weighted by atomic mass is 10.1. The predicted octanol–water partition coefficient (Wildman–Crippen LogP) is 4.92. The first-order valence-electron chi connectivity index (χ1n) is 9.05. The Balaban J connectivity index is 1.67. The van der Waals surface area contributed by atoms with Gasteiger partial charge in [-0.25, -0.2) is 8.42 Å². The molecule has 7 heteroatoms. The van der Waals surface area contributed by atoms with Crippen molar-refractivity contribution in [2.24, 2.45) is 0 Å². The molecular weight excluding hydrogens is 403 g/mol. The quantitative estimate of drug-likeness (QED) is 0.415. The highest BCUT2D eigenvalue weighted by atomic mass is 35.5. The molecule has 0 aliphatic heterocycles. The largest absolute Gasteiger partial charge is 0.398 e. The molecule has 4 N–H and O–H groups in total. The first-order chi connectivity index (χ1) is 12.8. The molecule has 0 unspecified atom stereocenters. The molecule has 148 valence electrons. The van der Waals surface area contributed by atoms with Crippen LogP contribution in [0.25, 0.3) is 0 Å². The summed E-state index contributed by atoms with van der Waals surface area (Å²) in [5, 5.41) is 1.22. The minimum absolute atomic E-state index is 0.212. The molecule has 0 amide bonds. The number of halogens is 2. The summed E-state index contributed by atoms with van der Waals surface area (Å²) >= 11 is 11.8. The number of rotatable bonds is 10. The Kier molecular flexibility index (Phi) is 8.27. The van der Waals surface area contributed by atoms with E-state index in [1.54, 1.807) is 24.3 Å². The van der Waals surface area contributed by atoms with E-state index in [-0.39, 0.29) is 11.5 Å². The van der Waals surface area contributed by atoms with E-state index in [2.05, 4.69) is 0 Å². The van der Waals surface area contributed by atoms with Gasteiger partial charge in [-0.15, -0.1) is 0 Å². The number of unbranched alkanes of at least 4 members (excludes halogenated alkanes) is 2. The highest BCUT2D eigenvalue weighted by Crippen LogP contribution is 2.21. The molecule has 0 bridgehead atoms. The fourth-order valence-corrected chi connectivity index (χ4v) is 4.82. The molecule has 2 rings (SSSR count). The zero-order chi connectivity index (χ0) is 19.9. The van der Waals surface area contributed by atoms with Gasteiger partial charge in [-0.1, -0.05) is 35.3 Å². The molecule has 0 aliphatic carbocycles. The lowest BCUT2D eigenvalue weighted by Crippen LogP contribution is -2.12. The van der Waals surface area contributed by atoms with Crippen molar-refractivity contribution in [1.29, 1.82) is 0 Å². The smallest absolute Gasteiger partial charge is 0.150 e. The average Bonchev–Trinajstić information content (AvgIpc) is 2.58. The Labute approximate surface area is 171 Å². The monoisotopic (exact) mass is 428 g/mol. The molecule has 27 heavy (non-hydrogen) atoms. The molecule has 0 atom stereocenters. The lowest BCUT2D eigenvalue weighted by molar-refractivity contribution is 0.587. The highest BCUT2D eigenvalue weighted by molar-refractivity contribution is 7.91. The number of anilines is 2. The maximum atomic E-state index is 12.2. The number of aryl methyl sites for hydroxylation is 2. The SMILES string of the molecule is Nc1cc(Cl)ccc1CCCCS(=O)(=O)CCCCc1ccc(Cl)cc1N. The van der Waals surface area contributed by atoms with Gasteiger partial charge in [0.2, 0.25) is 0 Å². The van der Waals surface area contributed by atoms with Crippen LogP contribution in [-0.2, 0) is 22.7 Å². The molecular formula is C20H26Cl2N2O2S. The van der Waals surface area contributed by atoms with E-state index in [1.165, 1.54) is 0 Å². The minimum atomic E-state index is -3.03. The summed E-state index contributed by atoms with van der Waals surface area (Å²) in [4.78, 5) is 0. The van der Waals surface area contributed by atoms with Gasteiger partial charge in [0.05, 0.1) is 11.5 Å². The highest BCUT2D eigenvalue weighted by Gasteiger charge is 2.11. The van der Waals surface area contributed by atoms with E-state index in [9.17, 15) is 8.42 Å². The summed E-state index contributed by atoms with van der Waals surface area (Å²) in [5.41, 5.74) is 15.2. The van der Waals surface area contributed by atoms with Gasteiger partial charge in [-0.2, -0.15) is 0 Å². The van der Waals surface area contributed by atoms with Crippen molar-refractivity contribution in [2.75, 3.05) is 23.0 Å². The Morgan fingerprint density at radius 3 is 1.48 bits per heavy atom. The number of hydrogen-bond donors (Lipinski definition) is 2. The zero-order valence-corrected chi connectivity index (χ0v) is 17.6. The van der Waals surface area contributed by atoms with Gasteiger partial charge in [0, 0.05) is 21.4 Å². The number of nitrogen functional groups attached to an aromatic ring is 2. The topological polar surface area (TPSA) is 86.2 Å². The van der Waals surface area contributed by atoms with E-state index >= 15 is 0 Å². The van der Waals surface area contributed by atoms with Crippen LogP contribution in [0.3, 0.4) is 0 Å². The van der Waals surface area contributed by atoms with Crippen molar-refractivity contribution in [2.45, 2.75) is 38.5 Å². The summed E-state index contributed by atoms with van der Waals surface area (Å²) in [6.07, 6.45) is 4.35. The van der Waals surface area contributed by atoms with Crippen LogP contribution in [-0.4, -0.2) is 19.9 Å². The first kappa shape index (κ1) is 21.9. The van der Waals surface area contributed by atoms with E-state index in [4.69, 9.17) is 34.7 Å². The van der Waals surface area contributed by atoms with Crippen molar-refractivity contribution in [3.63, 3.8) is 0 Å². The standard InChI is InChI=1S/C20H26Cl2N2O2S/c21-17-9-7-15(19(23)13-17)5-1-3-11-27(25,26)12-4-2-6-16-8-10-18(22)14-20(16)24/h7-10,13-14H,1-6,11-12,23-24H2. The summed E-state index contributed by atoms with van der Waals surface area (Å²) in [6, 6.07) is 10.8. The van der Waals surface area contributed by atoms with E-state index < -0.39 is 9.84 Å². The van der Waals surface area contributed by atoms with Gasteiger partial charge in [0.15, 0.2) is 0 Å². The van der Waals surface area contributed by atoms with Crippen LogP contribution in [0.5, 0.6) is 0 Å². The van der Waals surface area contributed by atoms with Crippen molar-refractivity contribution in [3.05, 3.63) is 57.6 Å². The predicted molar refractivity (Wildman–Crippen MR) is 116 cm³/mol. The van der Waals surface area contributed by atoms with Crippen LogP contribution >= 0.6 is 23.2 Å². The molecule has 0 saturated carbocycles. The van der Waals surface area contributed by atoms with Gasteiger partial charge in [-0.3, -0.25) is 0 Å². The molecule has 4 nitrogen and oxygen atoms in total. The number of benzene rings is 2. The molecule has 2 aromatic carbocycles. The maximum Gasteiger partial charge on any atom is 0.150 e. The summed E-state index contributed by atoms with van der Waals surface area (Å²) in [5.74, 6) is 0.424. The van der Waals surface area contributed by atoms with E-state index in [0.29, 0.717) is 34.3 Å². The van der Waals surface area contributed by atoms with Crippen LogP contribution in [0, 0.1) is 0 Å². The van der Waals surface area contributed by atoms with Crippen molar-refractivity contribution in [1.82, 2.24) is 0 Å². The third kappa shape index (κ3) is 7.60. The molecule has 0 saturated heterocycles. The molecule has 0 aromatic heterocycles. The minimum Gasteiger partial charge on any atom is -0.398 e. The van der Waals surface area contributed by atoms with Crippen LogP contribution in [0.15, 0.2) is 36.4 Å². The van der Waals surface area contributed by atoms with Crippen LogP contribution in [0.4, 0.5) is 11.4 Å². The van der Waals surface area contributed by atoms with Gasteiger partial charge >= 0.3 is 0 Å². The normalized spacial score (nSPS) is 11.6. The summed E-state index contributed by atoms with van der Waals surface area (Å²) in [7, 11) is -3.03. The maximum absolute atomic E-state index is 12.2. The fraction of sp³-hybridized carbons (Fsp3) is 0.400. The second-order valence-electron chi connectivity index (χ2n) is 6.75. The molecule has 0 radical (unpaired) electrons. The van der Waals surface area contributed by atoms with Crippen molar-refractivity contribution >= 4 is 44.4 Å². The first-order valence-corrected chi connectivity index (χ1v) is 11.6. The van der Waals surface area contributed by atoms with Crippen LogP contribution in [0.1, 0.15) is 36.8 Å². The van der Waals surface area contributed by atoms with Crippen LogP contribution in [0.2, 0.25) is 10.0 Å². The third-order valence-corrected chi connectivity index (χ3v) is 6.81. The number of sulfone groups is 1. The zero-order valence-electron chi connectivity index (χ0n) is 15.3. The molecule has 0 fully saturated rings. The second-order valence-corrected chi connectivity index (χ2v) is 9.93. The average molecular weight is 429 g/mol. The Morgan fingerprint density at radius 2 is 1.11 bits per heavy atom. The summed E-state index contributed by atoms with van der Waals surface area (Å²) in [6.45, 7) is 0. The van der Waals surface area contributed by atoms with Crippen molar-refractivity contribution < 1.29 is 8.42 Å². The molecule has 0 spiro atoms. The third-order valence-electron chi connectivity index (χ3n) is 4.52. The molecule has 0 aliphatic rings. The van der Waals surface area contributed by atoms with E-state index in [0.717, 1.165) is 36.8 Å². The van der Waals surface area contributed by atoms with E-state index in [1.807, 2.05) is 12.1 Å². The van der Waals surface area contributed by atoms with Crippen LogP contribution < -0.4 is 11.5 Å². The number of hydrogen-bond acceptors (Lipinski definition) is 4. The van der Waals surface area contributed by atoms with Gasteiger partial charge in [0.25, 0.3) is 0 Å². The van der Waals surface area contributed by atoms with Gasteiger partial charge < -0.3 is 11.5 Å². The lowest BCUT2D eigenvalue weighted by Gasteiger charge is -2.08. The Hall–Kier alpha value is -1.43. The molecule has 2 aromatic rings. The Morgan fingerprint density at radius 1 is 0.704 bits per heavy atom. The molecule has 0 heterocycles. The second kappa shape index (κ2) is 10.2. The van der Waals surface area contributed by atoms with Gasteiger partial charge in [0.1, 0.15) is 9.84 Å². The van der Waals surface area contributed by atoms with Crippen molar-refractivity contribution in [3.8, 4) is 0 Å².